The molecule has 2 aromatic heterocycles. The molecule has 142 valence electrons. The van der Waals surface area contributed by atoms with E-state index in [1.54, 1.807) is 6.20 Å². The molecule has 0 atom stereocenters. The lowest BCUT2D eigenvalue weighted by atomic mass is 10.2. The molecule has 0 bridgehead atoms. The minimum absolute atomic E-state index is 0.0390. The Kier molecular flexibility index (Phi) is 5.20. The molecule has 0 spiro atoms. The molecule has 2 aliphatic heterocycles. The molecular formula is C20H26N6O. The maximum absolute atomic E-state index is 12.8. The number of rotatable bonds is 3. The number of carbonyl (C=O) groups is 1. The Morgan fingerprint density at radius 2 is 1.59 bits per heavy atom. The van der Waals surface area contributed by atoms with Crippen molar-refractivity contribution < 1.29 is 4.79 Å². The van der Waals surface area contributed by atoms with Crippen molar-refractivity contribution in [1.82, 2.24) is 19.8 Å². The van der Waals surface area contributed by atoms with E-state index >= 15 is 0 Å². The summed E-state index contributed by atoms with van der Waals surface area (Å²) in [5.74, 6) is 1.06. The zero-order chi connectivity index (χ0) is 18.6. The van der Waals surface area contributed by atoms with Crippen LogP contribution in [0.25, 0.3) is 0 Å². The molecule has 0 saturated carbocycles. The van der Waals surface area contributed by atoms with E-state index in [-0.39, 0.29) is 5.91 Å². The van der Waals surface area contributed by atoms with Crippen LogP contribution in [0.15, 0.2) is 42.7 Å². The van der Waals surface area contributed by atoms with E-state index in [0.717, 1.165) is 63.9 Å². The van der Waals surface area contributed by atoms with Crippen molar-refractivity contribution in [2.24, 2.45) is 0 Å². The summed E-state index contributed by atoms with van der Waals surface area (Å²) in [7, 11) is 2.09. The van der Waals surface area contributed by atoms with Gasteiger partial charge in [-0.2, -0.15) is 0 Å². The van der Waals surface area contributed by atoms with Crippen LogP contribution in [0.4, 0.5) is 11.5 Å². The van der Waals surface area contributed by atoms with Crippen molar-refractivity contribution in [3.05, 3.63) is 48.4 Å². The Hall–Kier alpha value is -2.67. The molecule has 2 fully saturated rings. The SMILES string of the molecule is CN1CCN(C(=O)c2cc(N3CCN(c4ccccn4)CC3)ccn2)CC1. The molecule has 4 rings (SSSR count). The van der Waals surface area contributed by atoms with Crippen molar-refractivity contribution >= 4 is 17.4 Å². The zero-order valence-corrected chi connectivity index (χ0v) is 15.8. The first kappa shape index (κ1) is 17.7. The Bertz CT molecular complexity index is 767. The highest BCUT2D eigenvalue weighted by Gasteiger charge is 2.23. The lowest BCUT2D eigenvalue weighted by Crippen LogP contribution is -2.48. The molecule has 27 heavy (non-hydrogen) atoms. The van der Waals surface area contributed by atoms with Gasteiger partial charge >= 0.3 is 0 Å². The lowest BCUT2D eigenvalue weighted by molar-refractivity contribution is 0.0658. The van der Waals surface area contributed by atoms with Gasteiger partial charge in [0.25, 0.3) is 5.91 Å². The number of hydrogen-bond acceptors (Lipinski definition) is 6. The summed E-state index contributed by atoms with van der Waals surface area (Å²) in [6.45, 7) is 7.02. The fraction of sp³-hybridized carbons (Fsp3) is 0.450. The van der Waals surface area contributed by atoms with Crippen LogP contribution in [-0.2, 0) is 0 Å². The van der Waals surface area contributed by atoms with Crippen LogP contribution in [0.2, 0.25) is 0 Å². The van der Waals surface area contributed by atoms with E-state index in [2.05, 4.69) is 37.8 Å². The summed E-state index contributed by atoms with van der Waals surface area (Å²) < 4.78 is 0. The van der Waals surface area contributed by atoms with Gasteiger partial charge in [-0.1, -0.05) is 6.07 Å². The molecular weight excluding hydrogens is 340 g/mol. The van der Waals surface area contributed by atoms with E-state index in [9.17, 15) is 4.79 Å². The second kappa shape index (κ2) is 7.92. The zero-order valence-electron chi connectivity index (χ0n) is 15.8. The minimum atomic E-state index is 0.0390. The average molecular weight is 366 g/mol. The molecule has 2 aliphatic rings. The predicted octanol–water partition coefficient (Wildman–Crippen LogP) is 1.19. The first-order chi connectivity index (χ1) is 13.2. The van der Waals surface area contributed by atoms with Crippen LogP contribution >= 0.6 is 0 Å². The van der Waals surface area contributed by atoms with Gasteiger partial charge in [0.05, 0.1) is 0 Å². The third-order valence-electron chi connectivity index (χ3n) is 5.37. The normalized spacial score (nSPS) is 18.6. The van der Waals surface area contributed by atoms with Crippen LogP contribution < -0.4 is 9.80 Å². The van der Waals surface area contributed by atoms with Crippen molar-refractivity contribution in [1.29, 1.82) is 0 Å². The Morgan fingerprint density at radius 3 is 2.30 bits per heavy atom. The number of amides is 1. The second-order valence-corrected chi connectivity index (χ2v) is 7.16. The number of anilines is 2. The molecule has 0 N–H and O–H groups in total. The number of hydrogen-bond donors (Lipinski definition) is 0. The van der Waals surface area contributed by atoms with Crippen molar-refractivity contribution in [2.75, 3.05) is 69.2 Å². The van der Waals surface area contributed by atoms with Crippen LogP contribution in [0, 0.1) is 0 Å². The van der Waals surface area contributed by atoms with Crippen LogP contribution in [0.1, 0.15) is 10.5 Å². The van der Waals surface area contributed by atoms with Gasteiger partial charge in [0, 0.05) is 70.4 Å². The van der Waals surface area contributed by atoms with E-state index < -0.39 is 0 Å². The number of aromatic nitrogens is 2. The molecule has 7 heteroatoms. The molecule has 0 aromatic carbocycles. The number of pyridine rings is 2. The lowest BCUT2D eigenvalue weighted by Gasteiger charge is -2.37. The largest absolute Gasteiger partial charge is 0.368 e. The smallest absolute Gasteiger partial charge is 0.272 e. The molecule has 1 amide bonds. The maximum atomic E-state index is 12.8. The highest BCUT2D eigenvalue weighted by molar-refractivity contribution is 5.93. The number of likely N-dealkylation sites (N-methyl/N-ethyl adjacent to an activating group) is 1. The summed E-state index contributed by atoms with van der Waals surface area (Å²) in [5, 5.41) is 0. The van der Waals surface area contributed by atoms with E-state index in [0.29, 0.717) is 5.69 Å². The second-order valence-electron chi connectivity index (χ2n) is 7.16. The van der Waals surface area contributed by atoms with Gasteiger partial charge in [0.1, 0.15) is 11.5 Å². The Balaban J connectivity index is 1.40. The molecule has 4 heterocycles. The summed E-state index contributed by atoms with van der Waals surface area (Å²) in [6.07, 6.45) is 3.59. The highest BCUT2D eigenvalue weighted by Crippen LogP contribution is 2.20. The number of nitrogens with zero attached hydrogens (tertiary/aromatic N) is 6. The minimum Gasteiger partial charge on any atom is -0.368 e. The van der Waals surface area contributed by atoms with E-state index in [4.69, 9.17) is 0 Å². The molecule has 2 aromatic rings. The molecule has 0 aliphatic carbocycles. The first-order valence-corrected chi connectivity index (χ1v) is 9.55. The molecule has 7 nitrogen and oxygen atoms in total. The van der Waals surface area contributed by atoms with E-state index in [1.807, 2.05) is 35.4 Å². The van der Waals surface area contributed by atoms with Crippen LogP contribution in [0.5, 0.6) is 0 Å². The molecule has 0 radical (unpaired) electrons. The van der Waals surface area contributed by atoms with E-state index in [1.165, 1.54) is 0 Å². The van der Waals surface area contributed by atoms with Crippen LogP contribution in [0.3, 0.4) is 0 Å². The van der Waals surface area contributed by atoms with Crippen molar-refractivity contribution in [2.45, 2.75) is 0 Å². The monoisotopic (exact) mass is 366 g/mol. The topological polar surface area (TPSA) is 55.8 Å². The Morgan fingerprint density at radius 1 is 0.852 bits per heavy atom. The quantitative estimate of drug-likeness (QED) is 0.813. The summed E-state index contributed by atoms with van der Waals surface area (Å²) in [6, 6.07) is 9.95. The van der Waals surface area contributed by atoms with Crippen molar-refractivity contribution in [3.8, 4) is 0 Å². The summed E-state index contributed by atoms with van der Waals surface area (Å²) in [5.41, 5.74) is 1.62. The van der Waals surface area contributed by atoms with Gasteiger partial charge < -0.3 is 19.6 Å². The number of carbonyl (C=O) groups excluding carboxylic acids is 1. The van der Waals surface area contributed by atoms with Gasteiger partial charge in [0.2, 0.25) is 0 Å². The van der Waals surface area contributed by atoms with Crippen molar-refractivity contribution in [3.63, 3.8) is 0 Å². The third kappa shape index (κ3) is 4.03. The fourth-order valence-corrected chi connectivity index (χ4v) is 3.64. The predicted molar refractivity (Wildman–Crippen MR) is 106 cm³/mol. The first-order valence-electron chi connectivity index (χ1n) is 9.55. The molecule has 2 saturated heterocycles. The van der Waals surface area contributed by atoms with Crippen LogP contribution in [-0.4, -0.2) is 85.1 Å². The van der Waals surface area contributed by atoms with Gasteiger partial charge in [-0.05, 0) is 31.3 Å². The maximum Gasteiger partial charge on any atom is 0.272 e. The van der Waals surface area contributed by atoms with Gasteiger partial charge in [-0.15, -0.1) is 0 Å². The number of piperazine rings is 2. The average Bonchev–Trinajstić information content (AvgIpc) is 2.75. The summed E-state index contributed by atoms with van der Waals surface area (Å²) >= 11 is 0. The molecule has 0 unspecified atom stereocenters. The van der Waals surface area contributed by atoms with Gasteiger partial charge in [-0.3, -0.25) is 9.78 Å². The third-order valence-corrected chi connectivity index (χ3v) is 5.37. The summed E-state index contributed by atoms with van der Waals surface area (Å²) in [4.78, 5) is 30.3. The standard InChI is InChI=1S/C20H26N6O/c1-23-8-10-26(11-9-23)20(27)18-16-17(5-7-21-18)24-12-14-25(15-13-24)19-4-2-3-6-22-19/h2-7,16H,8-15H2,1H3. The highest BCUT2D eigenvalue weighted by atomic mass is 16.2. The fourth-order valence-electron chi connectivity index (χ4n) is 3.64. The van der Waals surface area contributed by atoms with Gasteiger partial charge in [-0.25, -0.2) is 4.98 Å². The Labute approximate surface area is 160 Å². The van der Waals surface area contributed by atoms with Gasteiger partial charge in [0.15, 0.2) is 0 Å².